The molecule has 0 spiro atoms. The van der Waals surface area contributed by atoms with E-state index in [-0.39, 0.29) is 29.8 Å². The number of aromatic nitrogens is 1. The summed E-state index contributed by atoms with van der Waals surface area (Å²) in [6, 6.07) is 6.48. The smallest absolute Gasteiger partial charge is 0.356 e. The highest BCUT2D eigenvalue weighted by molar-refractivity contribution is 14.0. The number of aryl methyl sites for hydroxylation is 1. The molecule has 10 heteroatoms. The number of halogens is 5. The molecule has 0 fully saturated rings. The molecule has 0 bridgehead atoms. The molecule has 0 aliphatic rings. The first-order valence-corrected chi connectivity index (χ1v) is 8.97. The van der Waals surface area contributed by atoms with Gasteiger partial charge in [0.1, 0.15) is 5.82 Å². The fraction of sp³-hybridized carbons (Fsp3) is 0.412. The highest BCUT2D eigenvalue weighted by Crippen LogP contribution is 2.29. The third kappa shape index (κ3) is 8.41. The summed E-state index contributed by atoms with van der Waals surface area (Å²) in [5.41, 5.74) is 0.0799. The van der Waals surface area contributed by atoms with E-state index in [0.29, 0.717) is 30.5 Å². The molecule has 0 aliphatic heterocycles. The Morgan fingerprint density at radius 2 is 1.93 bits per heavy atom. The van der Waals surface area contributed by atoms with Gasteiger partial charge >= 0.3 is 6.18 Å². The molecule has 150 valence electrons. The second-order valence-corrected chi connectivity index (χ2v) is 6.48. The number of nitrogens with one attached hydrogen (secondary N) is 2. The fourth-order valence-electron chi connectivity index (χ4n) is 2.26. The van der Waals surface area contributed by atoms with Gasteiger partial charge in [-0.3, -0.25) is 4.99 Å². The number of aliphatic imine (C=N–C) groups is 1. The van der Waals surface area contributed by atoms with Crippen molar-refractivity contribution in [1.82, 2.24) is 15.6 Å². The van der Waals surface area contributed by atoms with Crippen molar-refractivity contribution in [1.29, 1.82) is 0 Å². The minimum Gasteiger partial charge on any atom is -0.356 e. The van der Waals surface area contributed by atoms with Crippen molar-refractivity contribution in [3.63, 3.8) is 0 Å². The van der Waals surface area contributed by atoms with Gasteiger partial charge in [0, 0.05) is 31.9 Å². The molecule has 2 aromatic rings. The molecular formula is C17H21F4IN4S. The molecule has 1 aromatic heterocycles. The molecular weight excluding hydrogens is 495 g/mol. The molecule has 0 unspecified atom stereocenters. The second kappa shape index (κ2) is 11.4. The first-order chi connectivity index (χ1) is 12.4. The van der Waals surface area contributed by atoms with E-state index in [0.717, 1.165) is 35.1 Å². The summed E-state index contributed by atoms with van der Waals surface area (Å²) in [7, 11) is 1.62. The molecule has 0 saturated heterocycles. The lowest BCUT2D eigenvalue weighted by Crippen LogP contribution is -2.38. The van der Waals surface area contributed by atoms with E-state index < -0.39 is 11.9 Å². The van der Waals surface area contributed by atoms with Crippen LogP contribution in [0.2, 0.25) is 0 Å². The van der Waals surface area contributed by atoms with Crippen molar-refractivity contribution in [3.8, 4) is 0 Å². The van der Waals surface area contributed by atoms with Crippen molar-refractivity contribution >= 4 is 41.3 Å². The first-order valence-electron chi connectivity index (χ1n) is 8.09. The van der Waals surface area contributed by atoms with E-state index in [2.05, 4.69) is 20.6 Å². The molecule has 0 radical (unpaired) electrons. The van der Waals surface area contributed by atoms with Crippen LogP contribution in [0.5, 0.6) is 0 Å². The van der Waals surface area contributed by atoms with Crippen LogP contribution in [0.4, 0.5) is 17.6 Å². The van der Waals surface area contributed by atoms with Crippen LogP contribution in [0.1, 0.15) is 22.7 Å². The Morgan fingerprint density at radius 1 is 1.19 bits per heavy atom. The second-order valence-electron chi connectivity index (χ2n) is 5.53. The Bertz CT molecular complexity index is 734. The number of benzene rings is 1. The summed E-state index contributed by atoms with van der Waals surface area (Å²) in [6.07, 6.45) is -2.49. The summed E-state index contributed by atoms with van der Waals surface area (Å²) in [5, 5.41) is 7.60. The Morgan fingerprint density at radius 3 is 2.56 bits per heavy atom. The topological polar surface area (TPSA) is 49.3 Å². The summed E-state index contributed by atoms with van der Waals surface area (Å²) in [4.78, 5) is 7.64. The zero-order chi connectivity index (χ0) is 19.0. The summed E-state index contributed by atoms with van der Waals surface area (Å²) >= 11 is 0.994. The number of guanidine groups is 1. The van der Waals surface area contributed by atoms with Gasteiger partial charge in [-0.05, 0) is 30.5 Å². The van der Waals surface area contributed by atoms with Crippen LogP contribution in [0.25, 0.3) is 0 Å². The summed E-state index contributed by atoms with van der Waals surface area (Å²) < 4.78 is 50.6. The quantitative estimate of drug-likeness (QED) is 0.190. The Labute approximate surface area is 176 Å². The van der Waals surface area contributed by atoms with Gasteiger partial charge in [0.2, 0.25) is 0 Å². The Kier molecular flexibility index (Phi) is 9.99. The normalized spacial score (nSPS) is 11.8. The molecule has 0 amide bonds. The largest absolute Gasteiger partial charge is 0.434 e. The zero-order valence-corrected chi connectivity index (χ0v) is 17.8. The monoisotopic (exact) mass is 516 g/mol. The fourth-order valence-corrected chi connectivity index (χ4v) is 3.06. The zero-order valence-electron chi connectivity index (χ0n) is 14.6. The van der Waals surface area contributed by atoms with Crippen molar-refractivity contribution < 1.29 is 17.6 Å². The maximum atomic E-state index is 13.1. The lowest BCUT2D eigenvalue weighted by Gasteiger charge is -2.11. The molecule has 4 nitrogen and oxygen atoms in total. The van der Waals surface area contributed by atoms with Crippen LogP contribution in [-0.2, 0) is 19.0 Å². The first kappa shape index (κ1) is 23.6. The number of rotatable bonds is 7. The maximum absolute atomic E-state index is 13.1. The SMILES string of the molecule is CN=C(NCCCc1cccc(F)c1)NCCc1nc(C(F)(F)F)cs1.I. The summed E-state index contributed by atoms with van der Waals surface area (Å²) in [5.74, 6) is 0.320. The molecule has 0 saturated carbocycles. The van der Waals surface area contributed by atoms with Crippen LogP contribution in [-0.4, -0.2) is 31.1 Å². The minimum atomic E-state index is -4.40. The minimum absolute atomic E-state index is 0. The number of thiazole rings is 1. The van der Waals surface area contributed by atoms with E-state index in [4.69, 9.17) is 0 Å². The van der Waals surface area contributed by atoms with Gasteiger partial charge in [0.25, 0.3) is 0 Å². The van der Waals surface area contributed by atoms with Gasteiger partial charge in [-0.15, -0.1) is 35.3 Å². The number of alkyl halides is 3. The predicted octanol–water partition coefficient (Wildman–Crippen LogP) is 4.26. The van der Waals surface area contributed by atoms with Crippen molar-refractivity contribution in [2.45, 2.75) is 25.4 Å². The van der Waals surface area contributed by atoms with E-state index in [9.17, 15) is 17.6 Å². The summed E-state index contributed by atoms with van der Waals surface area (Å²) in [6.45, 7) is 1.07. The predicted molar refractivity (Wildman–Crippen MR) is 110 cm³/mol. The molecule has 2 N–H and O–H groups in total. The van der Waals surface area contributed by atoms with Crippen LogP contribution in [0.3, 0.4) is 0 Å². The molecule has 1 heterocycles. The van der Waals surface area contributed by atoms with E-state index in [1.54, 1.807) is 13.1 Å². The van der Waals surface area contributed by atoms with Crippen molar-refractivity contribution in [3.05, 3.63) is 51.7 Å². The third-order valence-electron chi connectivity index (χ3n) is 3.52. The van der Waals surface area contributed by atoms with Crippen LogP contribution in [0.15, 0.2) is 34.6 Å². The molecule has 2 rings (SSSR count). The number of hydrogen-bond acceptors (Lipinski definition) is 3. The van der Waals surface area contributed by atoms with Crippen LogP contribution >= 0.6 is 35.3 Å². The van der Waals surface area contributed by atoms with Crippen LogP contribution < -0.4 is 10.6 Å². The van der Waals surface area contributed by atoms with Crippen molar-refractivity contribution in [2.24, 2.45) is 4.99 Å². The van der Waals surface area contributed by atoms with Gasteiger partial charge in [0.15, 0.2) is 11.7 Å². The number of hydrogen-bond donors (Lipinski definition) is 2. The lowest BCUT2D eigenvalue weighted by molar-refractivity contribution is -0.140. The Hall–Kier alpha value is -1.43. The van der Waals surface area contributed by atoms with Gasteiger partial charge < -0.3 is 10.6 Å². The Balaban J connectivity index is 0.00000364. The average molecular weight is 516 g/mol. The van der Waals surface area contributed by atoms with Gasteiger partial charge in [-0.2, -0.15) is 13.2 Å². The molecule has 0 atom stereocenters. The standard InChI is InChI=1S/C17H20F4N4S.HI/c1-22-16(23-8-3-5-12-4-2-6-13(18)10-12)24-9-7-15-25-14(11-26-15)17(19,20)21;/h2,4,6,10-11H,3,5,7-9H2,1H3,(H2,22,23,24);1H. The highest BCUT2D eigenvalue weighted by Gasteiger charge is 2.33. The van der Waals surface area contributed by atoms with Gasteiger partial charge in [-0.25, -0.2) is 9.37 Å². The molecule has 1 aromatic carbocycles. The average Bonchev–Trinajstić information content (AvgIpc) is 3.06. The lowest BCUT2D eigenvalue weighted by atomic mass is 10.1. The number of nitrogens with zero attached hydrogens (tertiary/aromatic N) is 2. The van der Waals surface area contributed by atoms with E-state index in [1.165, 1.54) is 12.1 Å². The van der Waals surface area contributed by atoms with Gasteiger partial charge in [-0.1, -0.05) is 12.1 Å². The highest BCUT2D eigenvalue weighted by atomic mass is 127. The van der Waals surface area contributed by atoms with Gasteiger partial charge in [0.05, 0.1) is 5.01 Å². The van der Waals surface area contributed by atoms with E-state index in [1.807, 2.05) is 6.07 Å². The van der Waals surface area contributed by atoms with E-state index >= 15 is 0 Å². The molecule has 0 aliphatic carbocycles. The van der Waals surface area contributed by atoms with Crippen LogP contribution in [0, 0.1) is 5.82 Å². The maximum Gasteiger partial charge on any atom is 0.434 e. The molecule has 27 heavy (non-hydrogen) atoms. The van der Waals surface area contributed by atoms with Crippen molar-refractivity contribution in [2.75, 3.05) is 20.1 Å². The third-order valence-corrected chi connectivity index (χ3v) is 4.43.